The molecule has 0 aromatic heterocycles. The van der Waals surface area contributed by atoms with Crippen LogP contribution in [0.2, 0.25) is 15.1 Å². The third-order valence-corrected chi connectivity index (χ3v) is 19.2. The van der Waals surface area contributed by atoms with Gasteiger partial charge in [-0.3, -0.25) is 14.7 Å². The molecule has 3 aliphatic carbocycles. The quantitative estimate of drug-likeness (QED) is 0.151. The van der Waals surface area contributed by atoms with E-state index >= 15 is 0 Å². The molecule has 3 fully saturated rings. The number of benzene rings is 6. The lowest BCUT2D eigenvalue weighted by Gasteiger charge is -2.37. The van der Waals surface area contributed by atoms with E-state index in [0.717, 1.165) is 91.5 Å². The predicted octanol–water partition coefficient (Wildman–Crippen LogP) is 15.6. The molecule has 370 valence electrons. The monoisotopic (exact) mass is 1000 g/mol. The van der Waals surface area contributed by atoms with Crippen LogP contribution >= 0.6 is 34.8 Å². The van der Waals surface area contributed by atoms with Crippen molar-refractivity contribution >= 4 is 40.9 Å². The summed E-state index contributed by atoms with van der Waals surface area (Å²) < 4.78 is 5.41. The molecule has 0 radical (unpaired) electrons. The van der Waals surface area contributed by atoms with E-state index in [-0.39, 0.29) is 0 Å². The standard InChI is InChI=1S/C22H24ClN.C21H24ClNO.C21H24ClN/c1-3-17-9-10-18-19(21(17)23)11-12-22(2)15-24(14-20(18)22)13-16-7-5-4-6-8-16;1-21-11-10-17-16(8-9-19(24-2)20(17)22)18(21)13-23(14-21)12-15-6-4-3-5-7-15;1-15-8-9-17-18(20(15)22)10-11-21(2)14-23(13-19(17)21)12-16-6-4-3-5-7-16/h3-10,20H,1,11-15H2,2H3;3-9,18H,10-14H2,1-2H3;3-9,19H,10-14H2,1-2H3/t20-,22+;18-,21+;19-,21-/m110/s1. The van der Waals surface area contributed by atoms with Gasteiger partial charge in [-0.25, -0.2) is 0 Å². The maximum Gasteiger partial charge on any atom is 0.137 e. The molecule has 3 aliphatic heterocycles. The number of fused-ring (bicyclic) bond motifs is 9. The van der Waals surface area contributed by atoms with Crippen LogP contribution < -0.4 is 4.74 Å². The lowest BCUT2D eigenvalue weighted by atomic mass is 9.67. The van der Waals surface area contributed by atoms with E-state index in [9.17, 15) is 0 Å². The minimum absolute atomic E-state index is 0.347. The summed E-state index contributed by atoms with van der Waals surface area (Å²) in [4.78, 5) is 7.85. The number of ether oxygens (including phenoxy) is 1. The predicted molar refractivity (Wildman–Crippen MR) is 298 cm³/mol. The van der Waals surface area contributed by atoms with Gasteiger partial charge in [0, 0.05) is 81.7 Å². The highest BCUT2D eigenvalue weighted by molar-refractivity contribution is 6.33. The number of rotatable bonds is 8. The average molecular weight is 1010 g/mol. The second-order valence-electron chi connectivity index (χ2n) is 22.7. The zero-order chi connectivity index (χ0) is 49.5. The lowest BCUT2D eigenvalue weighted by molar-refractivity contribution is 0.240. The second kappa shape index (κ2) is 20.9. The number of methoxy groups -OCH3 is 1. The van der Waals surface area contributed by atoms with Crippen molar-refractivity contribution in [3.63, 3.8) is 0 Å². The highest BCUT2D eigenvalue weighted by Crippen LogP contribution is 2.55. The molecule has 71 heavy (non-hydrogen) atoms. The number of halogens is 3. The normalized spacial score (nSPS) is 26.3. The zero-order valence-corrected chi connectivity index (χ0v) is 44.9. The molecule has 3 saturated heterocycles. The van der Waals surface area contributed by atoms with E-state index in [1.54, 1.807) is 7.11 Å². The minimum Gasteiger partial charge on any atom is -0.495 e. The molecule has 0 amide bonds. The molecule has 0 unspecified atom stereocenters. The van der Waals surface area contributed by atoms with Gasteiger partial charge in [0.25, 0.3) is 0 Å². The number of aryl methyl sites for hydroxylation is 1. The first-order valence-electron chi connectivity index (χ1n) is 26.1. The molecule has 4 nitrogen and oxygen atoms in total. The van der Waals surface area contributed by atoms with Crippen molar-refractivity contribution in [2.24, 2.45) is 16.2 Å². The van der Waals surface area contributed by atoms with Gasteiger partial charge in [0.05, 0.1) is 17.2 Å². The summed E-state index contributed by atoms with van der Waals surface area (Å²) in [6.07, 6.45) is 8.80. The molecule has 6 aromatic rings. The van der Waals surface area contributed by atoms with Gasteiger partial charge in [-0.15, -0.1) is 0 Å². The first kappa shape index (κ1) is 50.2. The number of nitrogens with zero attached hydrogens (tertiary/aromatic N) is 3. The summed E-state index contributed by atoms with van der Waals surface area (Å²) >= 11 is 19.8. The Morgan fingerprint density at radius 1 is 0.507 bits per heavy atom. The topological polar surface area (TPSA) is 19.0 Å². The third kappa shape index (κ3) is 10.2. The molecule has 6 aromatic carbocycles. The van der Waals surface area contributed by atoms with Gasteiger partial charge in [0.1, 0.15) is 5.75 Å². The van der Waals surface area contributed by atoms with Crippen LogP contribution in [0.1, 0.15) is 119 Å². The third-order valence-electron chi connectivity index (χ3n) is 17.8. The molecule has 0 bridgehead atoms. The Labute approximate surface area is 440 Å². The fourth-order valence-corrected chi connectivity index (χ4v) is 14.8. The Bertz CT molecular complexity index is 2850. The van der Waals surface area contributed by atoms with Crippen LogP contribution in [0.3, 0.4) is 0 Å². The summed E-state index contributed by atoms with van der Waals surface area (Å²) in [6.45, 7) is 23.4. The Hall–Kier alpha value is -4.39. The van der Waals surface area contributed by atoms with Crippen LogP contribution in [0.4, 0.5) is 0 Å². The maximum atomic E-state index is 6.64. The Balaban J connectivity index is 0.000000123. The van der Waals surface area contributed by atoms with Gasteiger partial charge in [-0.1, -0.05) is 190 Å². The SMILES string of the molecule is C=Cc1ccc2c(c1Cl)CC[C@@]1(C)CN(Cc3ccccc3)C[C@H]21.COc1ccc2c(c1Cl)CC[C@@]1(C)CN(Cc3ccccc3)C[C@H]21.Cc1ccc2c(c1Cl)CC[C@@]1(C)CN(Cc3ccccc3)C[C@@H]21. The van der Waals surface area contributed by atoms with Crippen LogP contribution in [0, 0.1) is 23.2 Å². The first-order chi connectivity index (χ1) is 34.3. The van der Waals surface area contributed by atoms with E-state index in [0.29, 0.717) is 34.0 Å². The lowest BCUT2D eigenvalue weighted by Crippen LogP contribution is -2.30. The Morgan fingerprint density at radius 3 is 1.27 bits per heavy atom. The van der Waals surface area contributed by atoms with Gasteiger partial charge in [0.2, 0.25) is 0 Å². The summed E-state index contributed by atoms with van der Waals surface area (Å²) in [5.74, 6) is 2.57. The largest absolute Gasteiger partial charge is 0.495 e. The molecule has 6 atom stereocenters. The molecule has 0 N–H and O–H groups in total. The van der Waals surface area contributed by atoms with Crippen LogP contribution in [-0.4, -0.2) is 61.1 Å². The van der Waals surface area contributed by atoms with E-state index in [4.69, 9.17) is 39.5 Å². The van der Waals surface area contributed by atoms with Gasteiger partial charge in [-0.2, -0.15) is 0 Å². The van der Waals surface area contributed by atoms with E-state index in [1.807, 2.05) is 12.1 Å². The smallest absolute Gasteiger partial charge is 0.137 e. The van der Waals surface area contributed by atoms with Crippen LogP contribution in [0.15, 0.2) is 134 Å². The van der Waals surface area contributed by atoms with Crippen molar-refractivity contribution in [3.8, 4) is 5.75 Å². The van der Waals surface area contributed by atoms with Crippen LogP contribution in [-0.2, 0) is 38.9 Å². The molecule has 0 spiro atoms. The molecular formula is C64H72Cl3N3O. The highest BCUT2D eigenvalue weighted by Gasteiger charge is 2.49. The number of hydrogen-bond donors (Lipinski definition) is 0. The van der Waals surface area contributed by atoms with Crippen molar-refractivity contribution in [3.05, 3.63) is 210 Å². The summed E-state index contributed by atoms with van der Waals surface area (Å²) in [5, 5.41) is 2.75. The summed E-state index contributed by atoms with van der Waals surface area (Å²) in [7, 11) is 1.69. The molecule has 0 saturated carbocycles. The Morgan fingerprint density at radius 2 is 0.873 bits per heavy atom. The molecule has 7 heteroatoms. The van der Waals surface area contributed by atoms with Crippen molar-refractivity contribution in [2.75, 3.05) is 46.4 Å². The Kier molecular flexibility index (Phi) is 14.7. The minimum atomic E-state index is 0.347. The van der Waals surface area contributed by atoms with Crippen LogP contribution in [0.5, 0.6) is 5.75 Å². The van der Waals surface area contributed by atoms with Crippen molar-refractivity contribution < 1.29 is 4.74 Å². The summed E-state index contributed by atoms with van der Waals surface area (Å²) in [6, 6.07) is 45.7. The van der Waals surface area contributed by atoms with Gasteiger partial charge < -0.3 is 4.74 Å². The summed E-state index contributed by atoms with van der Waals surface area (Å²) in [5.41, 5.74) is 16.1. The van der Waals surface area contributed by atoms with Crippen molar-refractivity contribution in [1.82, 2.24) is 14.7 Å². The van der Waals surface area contributed by atoms with Crippen LogP contribution in [0.25, 0.3) is 6.08 Å². The first-order valence-corrected chi connectivity index (χ1v) is 27.3. The van der Waals surface area contributed by atoms with Gasteiger partial charge in [-0.05, 0) is 129 Å². The fourth-order valence-electron chi connectivity index (χ4n) is 13.9. The van der Waals surface area contributed by atoms with Crippen molar-refractivity contribution in [1.29, 1.82) is 0 Å². The second-order valence-corrected chi connectivity index (χ2v) is 23.9. The molecule has 3 heterocycles. The fraction of sp³-hybridized carbons (Fsp3) is 0.406. The average Bonchev–Trinajstić information content (AvgIpc) is 4.03. The zero-order valence-electron chi connectivity index (χ0n) is 42.6. The molecule has 6 aliphatic rings. The highest BCUT2D eigenvalue weighted by atomic mass is 35.5. The van der Waals surface area contributed by atoms with Gasteiger partial charge in [0.15, 0.2) is 0 Å². The molecule has 12 rings (SSSR count). The van der Waals surface area contributed by atoms with E-state index in [2.05, 4.69) is 170 Å². The van der Waals surface area contributed by atoms with Crippen molar-refractivity contribution in [2.45, 2.75) is 104 Å². The van der Waals surface area contributed by atoms with E-state index < -0.39 is 0 Å². The van der Waals surface area contributed by atoms with E-state index in [1.165, 1.54) is 88.0 Å². The number of hydrogen-bond acceptors (Lipinski definition) is 4. The number of likely N-dealkylation sites (tertiary alicyclic amines) is 3. The van der Waals surface area contributed by atoms with Gasteiger partial charge >= 0.3 is 0 Å². The molecular weight excluding hydrogens is 933 g/mol. The maximum absolute atomic E-state index is 6.64.